The fraction of sp³-hybridized carbons (Fsp3) is 0.0909. The molecule has 0 fully saturated rings. The van der Waals surface area contributed by atoms with E-state index in [1.54, 1.807) is 24.4 Å². The van der Waals surface area contributed by atoms with E-state index < -0.39 is 0 Å². The lowest BCUT2D eigenvalue weighted by Crippen LogP contribution is -1.89. The molecule has 1 aromatic carbocycles. The van der Waals surface area contributed by atoms with Gasteiger partial charge in [0.1, 0.15) is 6.29 Å². The van der Waals surface area contributed by atoms with Crippen LogP contribution in [0.25, 0.3) is 10.9 Å². The van der Waals surface area contributed by atoms with Crippen molar-refractivity contribution in [3.8, 4) is 0 Å². The van der Waals surface area contributed by atoms with E-state index in [-0.39, 0.29) is 5.78 Å². The lowest BCUT2D eigenvalue weighted by Gasteiger charge is -1.94. The van der Waals surface area contributed by atoms with Crippen LogP contribution in [0.5, 0.6) is 0 Å². The summed E-state index contributed by atoms with van der Waals surface area (Å²) >= 11 is 0. The molecule has 3 heteroatoms. The summed E-state index contributed by atoms with van der Waals surface area (Å²) in [7, 11) is 0. The Hall–Kier alpha value is -1.90. The molecule has 0 saturated heterocycles. The summed E-state index contributed by atoms with van der Waals surface area (Å²) in [5, 5.41) is 0.808. The molecule has 0 atom stereocenters. The predicted molar refractivity (Wildman–Crippen MR) is 53.7 cm³/mol. The van der Waals surface area contributed by atoms with Crippen LogP contribution >= 0.6 is 0 Å². The quantitative estimate of drug-likeness (QED) is 0.578. The molecule has 1 heterocycles. The van der Waals surface area contributed by atoms with Gasteiger partial charge in [-0.15, -0.1) is 0 Å². The van der Waals surface area contributed by atoms with Crippen LogP contribution in [0.4, 0.5) is 0 Å². The van der Waals surface area contributed by atoms with Gasteiger partial charge in [-0.25, -0.2) is 0 Å². The van der Waals surface area contributed by atoms with Crippen LogP contribution < -0.4 is 0 Å². The van der Waals surface area contributed by atoms with E-state index in [2.05, 4.69) is 4.98 Å². The first-order valence-corrected chi connectivity index (χ1v) is 4.29. The molecule has 1 N–H and O–H groups in total. The van der Waals surface area contributed by atoms with Crippen LogP contribution in [-0.4, -0.2) is 17.1 Å². The first kappa shape index (κ1) is 8.69. The molecule has 0 aliphatic rings. The predicted octanol–water partition coefficient (Wildman–Crippen LogP) is 2.18. The Kier molecular flexibility index (Phi) is 1.93. The number of aromatic nitrogens is 1. The highest BCUT2D eigenvalue weighted by atomic mass is 16.1. The fourth-order valence-corrected chi connectivity index (χ4v) is 1.50. The topological polar surface area (TPSA) is 49.9 Å². The van der Waals surface area contributed by atoms with Gasteiger partial charge in [-0.05, 0) is 25.1 Å². The molecule has 0 unspecified atom stereocenters. The van der Waals surface area contributed by atoms with Crippen molar-refractivity contribution in [2.45, 2.75) is 6.92 Å². The lowest BCUT2D eigenvalue weighted by atomic mass is 10.1. The Morgan fingerprint density at radius 2 is 2.21 bits per heavy atom. The van der Waals surface area contributed by atoms with Crippen LogP contribution in [0.1, 0.15) is 27.6 Å². The standard InChI is InChI=1S/C11H9NO2/c1-7(14)10-5-12-11-3-2-8(6-13)4-9(10)11/h2-6,12H,1H3. The van der Waals surface area contributed by atoms with Crippen molar-refractivity contribution in [2.75, 3.05) is 0 Å². The van der Waals surface area contributed by atoms with Gasteiger partial charge in [0.15, 0.2) is 5.78 Å². The second-order valence-electron chi connectivity index (χ2n) is 3.18. The molecule has 0 radical (unpaired) electrons. The zero-order valence-corrected chi connectivity index (χ0v) is 7.70. The highest BCUT2D eigenvalue weighted by molar-refractivity contribution is 6.07. The number of Topliss-reactive ketones (excluding diaryl/α,β-unsaturated/α-hetero) is 1. The first-order chi connectivity index (χ1) is 6.72. The third kappa shape index (κ3) is 1.23. The molecule has 0 spiro atoms. The Balaban J connectivity index is 2.75. The number of aromatic amines is 1. The number of aldehydes is 1. The minimum absolute atomic E-state index is 0.000649. The maximum Gasteiger partial charge on any atom is 0.161 e. The van der Waals surface area contributed by atoms with Crippen LogP contribution in [0.2, 0.25) is 0 Å². The van der Waals surface area contributed by atoms with E-state index in [9.17, 15) is 9.59 Å². The van der Waals surface area contributed by atoms with Crippen molar-refractivity contribution in [2.24, 2.45) is 0 Å². The molecule has 0 bridgehead atoms. The van der Waals surface area contributed by atoms with Gasteiger partial charge in [-0.1, -0.05) is 0 Å². The Morgan fingerprint density at radius 1 is 1.43 bits per heavy atom. The van der Waals surface area contributed by atoms with E-state index >= 15 is 0 Å². The van der Waals surface area contributed by atoms with Gasteiger partial charge in [-0.3, -0.25) is 9.59 Å². The molecule has 0 aliphatic heterocycles. The van der Waals surface area contributed by atoms with Gasteiger partial charge in [0.05, 0.1) is 0 Å². The zero-order valence-electron chi connectivity index (χ0n) is 7.70. The SMILES string of the molecule is CC(=O)c1c[nH]c2ccc(C=O)cc12. The second kappa shape index (κ2) is 3.10. The number of nitrogens with one attached hydrogen (secondary N) is 1. The zero-order chi connectivity index (χ0) is 10.1. The maximum absolute atomic E-state index is 11.2. The molecule has 3 nitrogen and oxygen atoms in total. The lowest BCUT2D eigenvalue weighted by molar-refractivity contribution is 0.101. The van der Waals surface area contributed by atoms with Crippen molar-refractivity contribution < 1.29 is 9.59 Å². The van der Waals surface area contributed by atoms with Gasteiger partial charge < -0.3 is 4.98 Å². The second-order valence-corrected chi connectivity index (χ2v) is 3.18. The van der Waals surface area contributed by atoms with Crippen molar-refractivity contribution >= 4 is 23.0 Å². The van der Waals surface area contributed by atoms with Gasteiger partial charge in [0, 0.05) is 28.2 Å². The Labute approximate surface area is 80.7 Å². The fourth-order valence-electron chi connectivity index (χ4n) is 1.50. The van der Waals surface area contributed by atoms with E-state index in [4.69, 9.17) is 0 Å². The number of H-pyrrole nitrogens is 1. The number of ketones is 1. The van der Waals surface area contributed by atoms with Gasteiger partial charge in [-0.2, -0.15) is 0 Å². The Bertz CT molecular complexity index is 511. The molecular weight excluding hydrogens is 178 g/mol. The molecule has 2 aromatic rings. The minimum Gasteiger partial charge on any atom is -0.360 e. The molecule has 0 saturated carbocycles. The van der Waals surface area contributed by atoms with Crippen molar-refractivity contribution in [3.05, 3.63) is 35.5 Å². The smallest absolute Gasteiger partial charge is 0.161 e. The molecule has 0 aliphatic carbocycles. The van der Waals surface area contributed by atoms with Crippen LogP contribution in [0, 0.1) is 0 Å². The average molecular weight is 187 g/mol. The summed E-state index contributed by atoms with van der Waals surface area (Å²) in [5.74, 6) is -0.000649. The van der Waals surface area contributed by atoms with Crippen molar-refractivity contribution in [1.29, 1.82) is 0 Å². The summed E-state index contributed by atoms with van der Waals surface area (Å²) < 4.78 is 0. The summed E-state index contributed by atoms with van der Waals surface area (Å²) in [5.41, 5.74) is 2.09. The van der Waals surface area contributed by atoms with Crippen LogP contribution in [0.3, 0.4) is 0 Å². The number of hydrogen-bond donors (Lipinski definition) is 1. The number of hydrogen-bond acceptors (Lipinski definition) is 2. The monoisotopic (exact) mass is 187 g/mol. The number of fused-ring (bicyclic) bond motifs is 1. The summed E-state index contributed by atoms with van der Waals surface area (Å²) in [4.78, 5) is 24.8. The summed E-state index contributed by atoms with van der Waals surface area (Å²) in [6.45, 7) is 1.51. The largest absolute Gasteiger partial charge is 0.360 e. The molecule has 14 heavy (non-hydrogen) atoms. The number of rotatable bonds is 2. The number of carbonyl (C=O) groups is 2. The average Bonchev–Trinajstić information content (AvgIpc) is 2.59. The van der Waals surface area contributed by atoms with E-state index in [1.807, 2.05) is 0 Å². The summed E-state index contributed by atoms with van der Waals surface area (Å²) in [6.07, 6.45) is 2.44. The molecule has 70 valence electrons. The van der Waals surface area contributed by atoms with E-state index in [0.29, 0.717) is 11.1 Å². The van der Waals surface area contributed by atoms with Gasteiger partial charge >= 0.3 is 0 Å². The normalized spacial score (nSPS) is 10.4. The van der Waals surface area contributed by atoms with E-state index in [0.717, 1.165) is 17.2 Å². The highest BCUT2D eigenvalue weighted by Crippen LogP contribution is 2.19. The first-order valence-electron chi connectivity index (χ1n) is 4.29. The third-order valence-electron chi connectivity index (χ3n) is 2.22. The molecular formula is C11H9NO2. The molecule has 0 amide bonds. The minimum atomic E-state index is -0.000649. The van der Waals surface area contributed by atoms with Crippen molar-refractivity contribution in [1.82, 2.24) is 4.98 Å². The van der Waals surface area contributed by atoms with E-state index in [1.165, 1.54) is 6.92 Å². The van der Waals surface area contributed by atoms with Crippen molar-refractivity contribution in [3.63, 3.8) is 0 Å². The van der Waals surface area contributed by atoms with Crippen LogP contribution in [0.15, 0.2) is 24.4 Å². The highest BCUT2D eigenvalue weighted by Gasteiger charge is 2.07. The van der Waals surface area contributed by atoms with Gasteiger partial charge in [0.2, 0.25) is 0 Å². The van der Waals surface area contributed by atoms with Gasteiger partial charge in [0.25, 0.3) is 0 Å². The molecule has 1 aromatic heterocycles. The molecule has 2 rings (SSSR count). The third-order valence-corrected chi connectivity index (χ3v) is 2.22. The maximum atomic E-state index is 11.2. The number of benzene rings is 1. The van der Waals surface area contributed by atoms with Crippen LogP contribution in [-0.2, 0) is 0 Å². The Morgan fingerprint density at radius 3 is 2.86 bits per heavy atom. The number of carbonyl (C=O) groups excluding carboxylic acids is 2. The summed E-state index contributed by atoms with van der Waals surface area (Å²) in [6, 6.07) is 5.23.